The number of rotatable bonds is 5. The molecule has 2 nitrogen and oxygen atoms in total. The molecule has 1 atom stereocenters. The summed E-state index contributed by atoms with van der Waals surface area (Å²) in [5.74, 6) is -0.0439. The van der Waals surface area contributed by atoms with E-state index in [1.807, 2.05) is 0 Å². The number of halogens is 1. The fourth-order valence-corrected chi connectivity index (χ4v) is 3.03. The van der Waals surface area contributed by atoms with Crippen molar-refractivity contribution >= 4 is 11.3 Å². The Morgan fingerprint density at radius 1 is 1.32 bits per heavy atom. The lowest BCUT2D eigenvalue weighted by Crippen LogP contribution is -2.21. The van der Waals surface area contributed by atoms with Gasteiger partial charge in [-0.3, -0.25) is 0 Å². The maximum atomic E-state index is 13.5. The van der Waals surface area contributed by atoms with E-state index in [2.05, 4.69) is 31.3 Å². The summed E-state index contributed by atoms with van der Waals surface area (Å²) >= 11 is 1.75. The number of ether oxygens (including phenoxy) is 1. The summed E-state index contributed by atoms with van der Waals surface area (Å²) in [6, 6.07) is 9.32. The zero-order chi connectivity index (χ0) is 13.8. The molecule has 0 amide bonds. The predicted molar refractivity (Wildman–Crippen MR) is 77.5 cm³/mol. The van der Waals surface area contributed by atoms with Gasteiger partial charge in [-0.25, -0.2) is 4.39 Å². The smallest absolute Gasteiger partial charge is 0.165 e. The zero-order valence-corrected chi connectivity index (χ0v) is 12.2. The van der Waals surface area contributed by atoms with Gasteiger partial charge in [-0.1, -0.05) is 13.0 Å². The lowest BCUT2D eigenvalue weighted by molar-refractivity contribution is 0.385. The van der Waals surface area contributed by atoms with Crippen LogP contribution in [0.25, 0.3) is 0 Å². The first-order valence-electron chi connectivity index (χ1n) is 6.29. The summed E-state index contributed by atoms with van der Waals surface area (Å²) in [6.07, 6.45) is 0. The van der Waals surface area contributed by atoms with Crippen molar-refractivity contribution in [1.29, 1.82) is 0 Å². The van der Waals surface area contributed by atoms with Crippen molar-refractivity contribution in [3.63, 3.8) is 0 Å². The van der Waals surface area contributed by atoms with Crippen LogP contribution in [0.5, 0.6) is 5.75 Å². The quantitative estimate of drug-likeness (QED) is 0.896. The SMILES string of the molecule is CCNC(c1ccc(F)c(OC)c1)c1ccc(C)s1. The highest BCUT2D eigenvalue weighted by Gasteiger charge is 2.16. The molecule has 19 heavy (non-hydrogen) atoms. The molecule has 1 heterocycles. The molecule has 0 aliphatic rings. The van der Waals surface area contributed by atoms with E-state index in [4.69, 9.17) is 4.74 Å². The van der Waals surface area contributed by atoms with Gasteiger partial charge in [0.25, 0.3) is 0 Å². The van der Waals surface area contributed by atoms with Gasteiger partial charge in [-0.15, -0.1) is 11.3 Å². The van der Waals surface area contributed by atoms with E-state index in [1.54, 1.807) is 23.5 Å². The number of hydrogen-bond donors (Lipinski definition) is 1. The minimum Gasteiger partial charge on any atom is -0.494 e. The molecular formula is C15H18FNOS. The van der Waals surface area contributed by atoms with Gasteiger partial charge in [0.1, 0.15) is 0 Å². The number of benzene rings is 1. The van der Waals surface area contributed by atoms with Crippen LogP contribution in [0.3, 0.4) is 0 Å². The van der Waals surface area contributed by atoms with Gasteiger partial charge >= 0.3 is 0 Å². The third-order valence-electron chi connectivity index (χ3n) is 2.96. The minimum absolute atomic E-state index is 0.0817. The molecule has 0 spiro atoms. The Labute approximate surface area is 117 Å². The van der Waals surface area contributed by atoms with Crippen LogP contribution < -0.4 is 10.1 Å². The van der Waals surface area contributed by atoms with Crippen molar-refractivity contribution in [2.45, 2.75) is 19.9 Å². The minimum atomic E-state index is -0.330. The molecule has 0 fully saturated rings. The molecular weight excluding hydrogens is 261 g/mol. The van der Waals surface area contributed by atoms with Crippen LogP contribution in [-0.2, 0) is 0 Å². The van der Waals surface area contributed by atoms with E-state index in [0.29, 0.717) is 0 Å². The Morgan fingerprint density at radius 3 is 2.68 bits per heavy atom. The van der Waals surface area contributed by atoms with E-state index in [9.17, 15) is 4.39 Å². The van der Waals surface area contributed by atoms with E-state index in [1.165, 1.54) is 22.9 Å². The summed E-state index contributed by atoms with van der Waals surface area (Å²) in [5.41, 5.74) is 1.02. The number of thiophene rings is 1. The van der Waals surface area contributed by atoms with Crippen molar-refractivity contribution in [2.24, 2.45) is 0 Å². The molecule has 102 valence electrons. The molecule has 0 saturated carbocycles. The number of nitrogens with one attached hydrogen (secondary N) is 1. The van der Waals surface area contributed by atoms with Crippen LogP contribution >= 0.6 is 11.3 Å². The summed E-state index contributed by atoms with van der Waals surface area (Å²) in [5, 5.41) is 3.43. The standard InChI is InChI=1S/C15H18FNOS/c1-4-17-15(14-8-5-10(2)19-14)11-6-7-12(16)13(9-11)18-3/h5-9,15,17H,4H2,1-3H3. The lowest BCUT2D eigenvalue weighted by atomic mass is 10.0. The molecule has 2 rings (SSSR count). The van der Waals surface area contributed by atoms with E-state index < -0.39 is 0 Å². The summed E-state index contributed by atoms with van der Waals surface area (Å²) < 4.78 is 18.5. The molecule has 1 N–H and O–H groups in total. The summed E-state index contributed by atoms with van der Waals surface area (Å²) in [7, 11) is 1.49. The Kier molecular flexibility index (Phi) is 4.56. The topological polar surface area (TPSA) is 21.3 Å². The molecule has 0 aliphatic heterocycles. The van der Waals surface area contributed by atoms with Crippen molar-refractivity contribution in [1.82, 2.24) is 5.32 Å². The van der Waals surface area contributed by atoms with Gasteiger partial charge in [-0.2, -0.15) is 0 Å². The first-order chi connectivity index (χ1) is 9.15. The van der Waals surface area contributed by atoms with Crippen LogP contribution in [0.2, 0.25) is 0 Å². The largest absolute Gasteiger partial charge is 0.494 e. The van der Waals surface area contributed by atoms with E-state index in [-0.39, 0.29) is 17.6 Å². The van der Waals surface area contributed by atoms with Crippen LogP contribution in [-0.4, -0.2) is 13.7 Å². The van der Waals surface area contributed by atoms with Gasteiger partial charge in [-0.05, 0) is 43.3 Å². The van der Waals surface area contributed by atoms with Crippen molar-refractivity contribution in [3.05, 3.63) is 51.5 Å². The number of aryl methyl sites for hydroxylation is 1. The second-order valence-corrected chi connectivity index (χ2v) is 5.65. The van der Waals surface area contributed by atoms with Gasteiger partial charge in [0.05, 0.1) is 13.2 Å². The third-order valence-corrected chi connectivity index (χ3v) is 4.03. The molecule has 1 unspecified atom stereocenters. The van der Waals surface area contributed by atoms with Gasteiger partial charge in [0.15, 0.2) is 11.6 Å². The van der Waals surface area contributed by atoms with Gasteiger partial charge < -0.3 is 10.1 Å². The molecule has 1 aromatic carbocycles. The predicted octanol–water partition coefficient (Wildman–Crippen LogP) is 3.90. The monoisotopic (exact) mass is 279 g/mol. The first kappa shape index (κ1) is 14.0. The summed E-state index contributed by atoms with van der Waals surface area (Å²) in [6.45, 7) is 5.00. The maximum absolute atomic E-state index is 13.5. The number of methoxy groups -OCH3 is 1. The van der Waals surface area contributed by atoms with Crippen LogP contribution in [0.4, 0.5) is 4.39 Å². The molecule has 1 aromatic heterocycles. The second kappa shape index (κ2) is 6.17. The average Bonchev–Trinajstić information content (AvgIpc) is 2.83. The number of hydrogen-bond acceptors (Lipinski definition) is 3. The van der Waals surface area contributed by atoms with E-state index in [0.717, 1.165) is 12.1 Å². The molecule has 4 heteroatoms. The molecule has 0 saturated heterocycles. The third kappa shape index (κ3) is 3.14. The van der Waals surface area contributed by atoms with E-state index >= 15 is 0 Å². The van der Waals surface area contributed by atoms with Crippen LogP contribution in [0, 0.1) is 12.7 Å². The van der Waals surface area contributed by atoms with Crippen LogP contribution in [0.15, 0.2) is 30.3 Å². The molecule has 0 bridgehead atoms. The lowest BCUT2D eigenvalue weighted by Gasteiger charge is -2.18. The van der Waals surface area contributed by atoms with Crippen molar-refractivity contribution in [2.75, 3.05) is 13.7 Å². The zero-order valence-electron chi connectivity index (χ0n) is 11.4. The van der Waals surface area contributed by atoms with Gasteiger partial charge in [0.2, 0.25) is 0 Å². The second-order valence-electron chi connectivity index (χ2n) is 4.33. The molecule has 0 radical (unpaired) electrons. The van der Waals surface area contributed by atoms with Crippen molar-refractivity contribution in [3.8, 4) is 5.75 Å². The highest BCUT2D eigenvalue weighted by Crippen LogP contribution is 2.31. The molecule has 2 aromatic rings. The normalized spacial score (nSPS) is 12.4. The Hall–Kier alpha value is -1.39. The Bertz CT molecular complexity index is 553. The molecule has 0 aliphatic carbocycles. The summed E-state index contributed by atoms with van der Waals surface area (Å²) in [4.78, 5) is 2.50. The average molecular weight is 279 g/mol. The fourth-order valence-electron chi connectivity index (χ4n) is 2.05. The maximum Gasteiger partial charge on any atom is 0.165 e. The van der Waals surface area contributed by atoms with Crippen molar-refractivity contribution < 1.29 is 9.13 Å². The Balaban J connectivity index is 2.38. The van der Waals surface area contributed by atoms with Gasteiger partial charge in [0, 0.05) is 9.75 Å². The first-order valence-corrected chi connectivity index (χ1v) is 7.10. The Morgan fingerprint density at radius 2 is 2.11 bits per heavy atom. The highest BCUT2D eigenvalue weighted by atomic mass is 32.1. The highest BCUT2D eigenvalue weighted by molar-refractivity contribution is 7.12. The van der Waals surface area contributed by atoms with Crippen LogP contribution in [0.1, 0.15) is 28.3 Å². The fraction of sp³-hybridized carbons (Fsp3) is 0.333.